The van der Waals surface area contributed by atoms with E-state index in [0.29, 0.717) is 15.9 Å². The molecule has 4 nitrogen and oxygen atoms in total. The van der Waals surface area contributed by atoms with Crippen LogP contribution in [0.5, 0.6) is 0 Å². The molecule has 0 bridgehead atoms. The molecule has 1 aromatic carbocycles. The SMILES string of the molecule is O=C(O)/C=C/c1ccc2oc(Br)nc2c1. The van der Waals surface area contributed by atoms with Gasteiger partial charge in [-0.3, -0.25) is 0 Å². The first-order valence-electron chi connectivity index (χ1n) is 4.12. The molecule has 0 spiro atoms. The molecule has 0 unspecified atom stereocenters. The molecule has 0 aliphatic carbocycles. The number of benzene rings is 1. The van der Waals surface area contributed by atoms with Gasteiger partial charge in [0.25, 0.3) is 4.80 Å². The van der Waals surface area contributed by atoms with Crippen molar-refractivity contribution in [1.82, 2.24) is 4.98 Å². The van der Waals surface area contributed by atoms with Crippen LogP contribution in [0.2, 0.25) is 0 Å². The monoisotopic (exact) mass is 267 g/mol. The zero-order chi connectivity index (χ0) is 10.8. The highest BCUT2D eigenvalue weighted by Gasteiger charge is 2.02. The summed E-state index contributed by atoms with van der Waals surface area (Å²) >= 11 is 3.12. The highest BCUT2D eigenvalue weighted by molar-refractivity contribution is 9.10. The van der Waals surface area contributed by atoms with E-state index < -0.39 is 5.97 Å². The van der Waals surface area contributed by atoms with Crippen molar-refractivity contribution in [1.29, 1.82) is 0 Å². The zero-order valence-electron chi connectivity index (χ0n) is 7.48. The fraction of sp³-hybridized carbons (Fsp3) is 0. The van der Waals surface area contributed by atoms with E-state index in [4.69, 9.17) is 9.52 Å². The summed E-state index contributed by atoms with van der Waals surface area (Å²) in [6.07, 6.45) is 2.58. The Hall–Kier alpha value is -1.62. The van der Waals surface area contributed by atoms with Gasteiger partial charge in [-0.05, 0) is 23.8 Å². The second-order valence-corrected chi connectivity index (χ2v) is 3.54. The van der Waals surface area contributed by atoms with Crippen LogP contribution in [0.15, 0.2) is 33.5 Å². The van der Waals surface area contributed by atoms with Crippen molar-refractivity contribution in [3.05, 3.63) is 34.6 Å². The Morgan fingerprint density at radius 2 is 2.33 bits per heavy atom. The minimum Gasteiger partial charge on any atom is -0.478 e. The standard InChI is InChI=1S/C10H6BrNO3/c11-10-12-7-5-6(2-4-9(13)14)1-3-8(7)15-10/h1-5H,(H,13,14)/b4-2+. The topological polar surface area (TPSA) is 63.3 Å². The van der Waals surface area contributed by atoms with E-state index in [0.717, 1.165) is 11.6 Å². The number of rotatable bonds is 2. The summed E-state index contributed by atoms with van der Waals surface area (Å²) in [7, 11) is 0. The zero-order valence-corrected chi connectivity index (χ0v) is 9.06. The van der Waals surface area contributed by atoms with Gasteiger partial charge in [-0.2, -0.15) is 0 Å². The largest absolute Gasteiger partial charge is 0.478 e. The summed E-state index contributed by atoms with van der Waals surface area (Å²) < 4.78 is 5.21. The van der Waals surface area contributed by atoms with Gasteiger partial charge < -0.3 is 9.52 Å². The fourth-order valence-electron chi connectivity index (χ4n) is 1.19. The van der Waals surface area contributed by atoms with Gasteiger partial charge in [0.05, 0.1) is 0 Å². The number of hydrogen-bond donors (Lipinski definition) is 1. The molecular formula is C10H6BrNO3. The van der Waals surface area contributed by atoms with Gasteiger partial charge in [0.2, 0.25) is 0 Å². The molecular weight excluding hydrogens is 262 g/mol. The van der Waals surface area contributed by atoms with Crippen LogP contribution in [-0.2, 0) is 4.79 Å². The first-order valence-corrected chi connectivity index (χ1v) is 4.91. The van der Waals surface area contributed by atoms with Gasteiger partial charge in [0.1, 0.15) is 5.52 Å². The maximum atomic E-state index is 10.3. The van der Waals surface area contributed by atoms with Gasteiger partial charge in [-0.15, -0.1) is 0 Å². The van der Waals surface area contributed by atoms with Crippen LogP contribution in [0.1, 0.15) is 5.56 Å². The van der Waals surface area contributed by atoms with E-state index in [9.17, 15) is 4.79 Å². The number of aliphatic carboxylic acids is 1. The first kappa shape index (κ1) is 9.92. The summed E-state index contributed by atoms with van der Waals surface area (Å²) in [6.45, 7) is 0. The molecule has 76 valence electrons. The Bertz CT molecular complexity index is 545. The van der Waals surface area contributed by atoms with Crippen molar-refractivity contribution in [2.45, 2.75) is 0 Å². The van der Waals surface area contributed by atoms with E-state index in [1.807, 2.05) is 0 Å². The predicted octanol–water partition coefficient (Wildman–Crippen LogP) is 2.69. The van der Waals surface area contributed by atoms with Crippen LogP contribution in [0.4, 0.5) is 0 Å². The average Bonchev–Trinajstić information content (AvgIpc) is 2.53. The van der Waals surface area contributed by atoms with Gasteiger partial charge >= 0.3 is 5.97 Å². The van der Waals surface area contributed by atoms with Crippen molar-refractivity contribution >= 4 is 39.1 Å². The molecule has 2 aromatic rings. The number of fused-ring (bicyclic) bond motifs is 1. The molecule has 0 saturated heterocycles. The molecule has 0 fully saturated rings. The molecule has 1 aromatic heterocycles. The Labute approximate surface area is 93.4 Å². The number of carboxylic acids is 1. The maximum Gasteiger partial charge on any atom is 0.328 e. The average molecular weight is 268 g/mol. The highest BCUT2D eigenvalue weighted by Crippen LogP contribution is 2.20. The first-order chi connectivity index (χ1) is 7.15. The second-order valence-electron chi connectivity index (χ2n) is 2.87. The Morgan fingerprint density at radius 3 is 3.07 bits per heavy atom. The van der Waals surface area contributed by atoms with Crippen molar-refractivity contribution in [3.63, 3.8) is 0 Å². The van der Waals surface area contributed by atoms with Gasteiger partial charge in [-0.1, -0.05) is 6.07 Å². The number of oxazole rings is 1. The summed E-state index contributed by atoms with van der Waals surface area (Å²) in [5, 5.41) is 8.46. The summed E-state index contributed by atoms with van der Waals surface area (Å²) in [4.78, 5) is 14.8. The minimum atomic E-state index is -0.976. The lowest BCUT2D eigenvalue weighted by molar-refractivity contribution is -0.131. The molecule has 15 heavy (non-hydrogen) atoms. The third-order valence-electron chi connectivity index (χ3n) is 1.80. The summed E-state index contributed by atoms with van der Waals surface area (Å²) in [6, 6.07) is 5.26. The minimum absolute atomic E-state index is 0.414. The number of carbonyl (C=O) groups is 1. The molecule has 1 N–H and O–H groups in total. The second kappa shape index (κ2) is 3.86. The normalized spacial score (nSPS) is 11.3. The lowest BCUT2D eigenvalue weighted by Gasteiger charge is -1.90. The molecule has 1 heterocycles. The molecule has 0 aliphatic rings. The fourth-order valence-corrected chi connectivity index (χ4v) is 1.55. The molecule has 0 amide bonds. The Balaban J connectivity index is 2.42. The molecule has 0 aliphatic heterocycles. The van der Waals surface area contributed by atoms with Gasteiger partial charge in [0, 0.05) is 22.0 Å². The predicted molar refractivity (Wildman–Crippen MR) is 58.4 cm³/mol. The third-order valence-corrected chi connectivity index (χ3v) is 2.14. The number of aromatic nitrogens is 1. The molecule has 0 atom stereocenters. The molecule has 0 saturated carbocycles. The highest BCUT2D eigenvalue weighted by atomic mass is 79.9. The van der Waals surface area contributed by atoms with Crippen molar-refractivity contribution in [3.8, 4) is 0 Å². The number of nitrogens with zero attached hydrogens (tertiary/aromatic N) is 1. The van der Waals surface area contributed by atoms with E-state index in [-0.39, 0.29) is 0 Å². The molecule has 2 rings (SSSR count). The van der Waals surface area contributed by atoms with E-state index in [1.165, 1.54) is 6.08 Å². The number of hydrogen-bond acceptors (Lipinski definition) is 3. The summed E-state index contributed by atoms with van der Waals surface area (Å²) in [5.41, 5.74) is 2.12. The number of halogens is 1. The Kier molecular flexibility index (Phi) is 2.55. The van der Waals surface area contributed by atoms with Crippen molar-refractivity contribution in [2.75, 3.05) is 0 Å². The van der Waals surface area contributed by atoms with Crippen LogP contribution in [0.25, 0.3) is 17.2 Å². The van der Waals surface area contributed by atoms with Crippen molar-refractivity contribution in [2.24, 2.45) is 0 Å². The van der Waals surface area contributed by atoms with Gasteiger partial charge in [-0.25, -0.2) is 9.78 Å². The molecule has 0 radical (unpaired) electrons. The smallest absolute Gasteiger partial charge is 0.328 e. The lowest BCUT2D eigenvalue weighted by atomic mass is 10.2. The maximum absolute atomic E-state index is 10.3. The van der Waals surface area contributed by atoms with E-state index in [1.54, 1.807) is 18.2 Å². The summed E-state index contributed by atoms with van der Waals surface area (Å²) in [5.74, 6) is -0.976. The van der Waals surface area contributed by atoms with E-state index in [2.05, 4.69) is 20.9 Å². The van der Waals surface area contributed by atoms with Crippen LogP contribution >= 0.6 is 15.9 Å². The van der Waals surface area contributed by atoms with E-state index >= 15 is 0 Å². The van der Waals surface area contributed by atoms with Crippen LogP contribution < -0.4 is 0 Å². The van der Waals surface area contributed by atoms with Crippen molar-refractivity contribution < 1.29 is 14.3 Å². The van der Waals surface area contributed by atoms with Gasteiger partial charge in [0.15, 0.2) is 5.58 Å². The lowest BCUT2D eigenvalue weighted by Crippen LogP contribution is -1.85. The number of carboxylic acid groups (broad SMARTS) is 1. The molecule has 5 heteroatoms. The Morgan fingerprint density at radius 1 is 1.53 bits per heavy atom. The third kappa shape index (κ3) is 2.24. The quantitative estimate of drug-likeness (QED) is 0.850. The van der Waals surface area contributed by atoms with Crippen LogP contribution in [0.3, 0.4) is 0 Å². The van der Waals surface area contributed by atoms with Crippen LogP contribution in [-0.4, -0.2) is 16.1 Å². The van der Waals surface area contributed by atoms with Crippen LogP contribution in [0, 0.1) is 0 Å².